The molecule has 1 aliphatic carbocycles. The molecule has 1 amide bonds. The number of halogens is 3. The molecule has 3 aromatic rings. The van der Waals surface area contributed by atoms with E-state index in [2.05, 4.69) is 32.5 Å². The first-order valence-corrected chi connectivity index (χ1v) is 15.2. The number of nitrogens with zero attached hydrogens (tertiary/aromatic N) is 4. The SMILES string of the molecule is COc1cc(C(=O)NC2CCN(C)CC2)ccc1Nc1ncc(C(F)(F)F)c(O[C@@H]2Cc3ccccc3[C@H]2N(C)SC)n1. The Bertz CT molecular complexity index is 1450. The number of fused-ring (bicyclic) bond motifs is 1. The van der Waals surface area contributed by atoms with Crippen LogP contribution in [0.15, 0.2) is 48.7 Å². The highest BCUT2D eigenvalue weighted by molar-refractivity contribution is 7.96. The van der Waals surface area contributed by atoms with Gasteiger partial charge in [-0.25, -0.2) is 9.29 Å². The molecule has 43 heavy (non-hydrogen) atoms. The number of rotatable bonds is 9. The van der Waals surface area contributed by atoms with Crippen LogP contribution >= 0.6 is 11.9 Å². The van der Waals surface area contributed by atoms with Gasteiger partial charge in [0.2, 0.25) is 11.8 Å². The van der Waals surface area contributed by atoms with Crippen LogP contribution in [-0.2, 0) is 12.6 Å². The van der Waals surface area contributed by atoms with Gasteiger partial charge in [0.15, 0.2) is 0 Å². The van der Waals surface area contributed by atoms with Crippen LogP contribution in [0.2, 0.25) is 0 Å². The fourth-order valence-electron chi connectivity index (χ4n) is 5.52. The molecule has 9 nitrogen and oxygen atoms in total. The quantitative estimate of drug-likeness (QED) is 0.310. The van der Waals surface area contributed by atoms with Crippen molar-refractivity contribution < 1.29 is 27.4 Å². The number of nitrogens with one attached hydrogen (secondary N) is 2. The first-order chi connectivity index (χ1) is 20.6. The molecule has 13 heteroatoms. The van der Waals surface area contributed by atoms with Gasteiger partial charge < -0.3 is 25.0 Å². The summed E-state index contributed by atoms with van der Waals surface area (Å²) in [7, 11) is 5.38. The van der Waals surface area contributed by atoms with E-state index in [4.69, 9.17) is 9.47 Å². The average molecular weight is 617 g/mol. The van der Waals surface area contributed by atoms with Crippen LogP contribution in [0.5, 0.6) is 11.6 Å². The summed E-state index contributed by atoms with van der Waals surface area (Å²) in [6.07, 6.45) is -0.522. The molecule has 5 rings (SSSR count). The summed E-state index contributed by atoms with van der Waals surface area (Å²) in [4.78, 5) is 23.2. The smallest absolute Gasteiger partial charge is 0.423 e. The van der Waals surface area contributed by atoms with Crippen LogP contribution in [0, 0.1) is 0 Å². The monoisotopic (exact) mass is 616 g/mol. The zero-order valence-corrected chi connectivity index (χ0v) is 25.3. The first-order valence-electron chi connectivity index (χ1n) is 14.0. The number of benzene rings is 2. The van der Waals surface area contributed by atoms with Gasteiger partial charge in [0, 0.05) is 24.2 Å². The molecule has 2 N–H and O–H groups in total. The molecule has 2 heterocycles. The van der Waals surface area contributed by atoms with E-state index in [1.54, 1.807) is 18.2 Å². The second-order valence-corrected chi connectivity index (χ2v) is 11.7. The van der Waals surface area contributed by atoms with Crippen LogP contribution in [-0.4, -0.2) is 77.8 Å². The summed E-state index contributed by atoms with van der Waals surface area (Å²) in [6.45, 7) is 1.83. The fourth-order valence-corrected chi connectivity index (χ4v) is 6.00. The van der Waals surface area contributed by atoms with Gasteiger partial charge in [0.1, 0.15) is 17.4 Å². The van der Waals surface area contributed by atoms with Crippen molar-refractivity contribution in [3.8, 4) is 11.6 Å². The van der Waals surface area contributed by atoms with Gasteiger partial charge in [0.05, 0.1) is 18.8 Å². The van der Waals surface area contributed by atoms with E-state index in [0.717, 1.165) is 43.3 Å². The van der Waals surface area contributed by atoms with Crippen molar-refractivity contribution in [3.05, 3.63) is 70.9 Å². The second-order valence-electron chi connectivity index (χ2n) is 10.7. The lowest BCUT2D eigenvalue weighted by Gasteiger charge is -2.29. The molecule has 2 aliphatic rings. The van der Waals surface area contributed by atoms with Gasteiger partial charge in [-0.1, -0.05) is 36.2 Å². The van der Waals surface area contributed by atoms with Crippen molar-refractivity contribution in [1.29, 1.82) is 0 Å². The summed E-state index contributed by atoms with van der Waals surface area (Å²) >= 11 is 1.47. The molecule has 1 fully saturated rings. The van der Waals surface area contributed by atoms with E-state index < -0.39 is 23.7 Å². The van der Waals surface area contributed by atoms with E-state index in [9.17, 15) is 18.0 Å². The standard InChI is InChI=1S/C30H35F3N6O3S/c1-38-13-11-20(12-14-38)35-27(40)19-9-10-23(24(16-19)41-3)36-29-34-17-22(30(31,32)33)28(37-29)42-25-15-18-7-5-6-8-21(18)26(25)39(2)43-4/h5-10,16-17,20,25-26H,11-15H2,1-4H3,(H,35,40)(H,34,36,37)/t25-,26-/m1/s1. The molecule has 230 valence electrons. The molecular formula is C30H35F3N6O3S. The molecule has 0 saturated carbocycles. The van der Waals surface area contributed by atoms with Crippen molar-refractivity contribution in [3.63, 3.8) is 0 Å². The molecular weight excluding hydrogens is 581 g/mol. The highest BCUT2D eigenvalue weighted by Gasteiger charge is 2.41. The molecule has 0 spiro atoms. The van der Waals surface area contributed by atoms with E-state index in [1.165, 1.54) is 19.1 Å². The van der Waals surface area contributed by atoms with Gasteiger partial charge in [-0.05, 0) is 75.6 Å². The van der Waals surface area contributed by atoms with E-state index in [0.29, 0.717) is 23.4 Å². The number of amides is 1. The summed E-state index contributed by atoms with van der Waals surface area (Å²) < 4.78 is 55.6. The molecule has 1 aliphatic heterocycles. The van der Waals surface area contributed by atoms with Crippen LogP contribution in [0.3, 0.4) is 0 Å². The highest BCUT2D eigenvalue weighted by atomic mass is 32.2. The summed E-state index contributed by atoms with van der Waals surface area (Å²) in [5, 5.41) is 6.00. The number of ether oxygens (including phenoxy) is 2. The second kappa shape index (κ2) is 13.0. The predicted octanol–water partition coefficient (Wildman–Crippen LogP) is 5.33. The number of likely N-dealkylation sites (N-methyl/N-ethyl adjacent to an activating group) is 1. The van der Waals surface area contributed by atoms with Crippen molar-refractivity contribution in [2.45, 2.75) is 43.6 Å². The number of methoxy groups -OCH3 is 1. The molecule has 1 saturated heterocycles. The van der Waals surface area contributed by atoms with Crippen molar-refractivity contribution >= 4 is 29.5 Å². The number of carbonyl (C=O) groups excluding carboxylic acids is 1. The minimum Gasteiger partial charge on any atom is -0.495 e. The van der Waals surface area contributed by atoms with E-state index in [1.807, 2.05) is 41.9 Å². The number of aromatic nitrogens is 2. The van der Waals surface area contributed by atoms with Crippen molar-refractivity contribution in [2.75, 3.05) is 45.9 Å². The Morgan fingerprint density at radius 1 is 1.16 bits per heavy atom. The first kappa shape index (κ1) is 30.9. The molecule has 1 aromatic heterocycles. The van der Waals surface area contributed by atoms with E-state index >= 15 is 0 Å². The van der Waals surface area contributed by atoms with Crippen molar-refractivity contribution in [2.24, 2.45) is 0 Å². The molecule has 2 aromatic carbocycles. The third-order valence-electron chi connectivity index (χ3n) is 7.91. The summed E-state index contributed by atoms with van der Waals surface area (Å²) in [5.41, 5.74) is 1.76. The number of likely N-dealkylation sites (tertiary alicyclic amines) is 1. The molecule has 0 bridgehead atoms. The Labute approximate surface area is 253 Å². The molecule has 2 atom stereocenters. The number of carbonyl (C=O) groups is 1. The minimum absolute atomic E-state index is 0.0921. The van der Waals surface area contributed by atoms with Crippen molar-refractivity contribution in [1.82, 2.24) is 24.5 Å². The number of hydrogen-bond acceptors (Lipinski definition) is 9. The number of piperidine rings is 1. The topological polar surface area (TPSA) is 91.9 Å². The van der Waals surface area contributed by atoms with Crippen LogP contribution < -0.4 is 20.1 Å². The fraction of sp³-hybridized carbons (Fsp3) is 0.433. The lowest BCUT2D eigenvalue weighted by molar-refractivity contribution is -0.140. The van der Waals surface area contributed by atoms with Gasteiger partial charge in [-0.2, -0.15) is 18.2 Å². The van der Waals surface area contributed by atoms with Gasteiger partial charge in [0.25, 0.3) is 5.91 Å². The lowest BCUT2D eigenvalue weighted by Crippen LogP contribution is -2.43. The molecule has 0 unspecified atom stereocenters. The van der Waals surface area contributed by atoms with Crippen LogP contribution in [0.4, 0.5) is 24.8 Å². The lowest BCUT2D eigenvalue weighted by atomic mass is 10.0. The van der Waals surface area contributed by atoms with Gasteiger partial charge in [-0.15, -0.1) is 0 Å². The largest absolute Gasteiger partial charge is 0.495 e. The predicted molar refractivity (Wildman–Crippen MR) is 160 cm³/mol. The summed E-state index contributed by atoms with van der Waals surface area (Å²) in [6, 6.07) is 12.4. The summed E-state index contributed by atoms with van der Waals surface area (Å²) in [5.74, 6) is -0.566. The Kier molecular flexibility index (Phi) is 9.33. The molecule has 0 radical (unpaired) electrons. The Hall–Kier alpha value is -3.55. The zero-order chi connectivity index (χ0) is 30.7. The Morgan fingerprint density at radius 3 is 2.60 bits per heavy atom. The third-order valence-corrected chi connectivity index (χ3v) is 8.72. The normalized spacial score (nSPS) is 19.3. The van der Waals surface area contributed by atoms with E-state index in [-0.39, 0.29) is 23.9 Å². The van der Waals surface area contributed by atoms with Crippen LogP contribution in [0.1, 0.15) is 45.9 Å². The third kappa shape index (κ3) is 7.00. The number of anilines is 2. The maximum atomic E-state index is 14.0. The maximum absolute atomic E-state index is 14.0. The van der Waals surface area contributed by atoms with Crippen LogP contribution in [0.25, 0.3) is 0 Å². The average Bonchev–Trinajstić information content (AvgIpc) is 3.35. The minimum atomic E-state index is -4.72. The van der Waals surface area contributed by atoms with Gasteiger partial charge in [-0.3, -0.25) is 4.79 Å². The highest BCUT2D eigenvalue weighted by Crippen LogP contribution is 2.42. The Morgan fingerprint density at radius 2 is 1.91 bits per heavy atom. The number of alkyl halides is 3. The zero-order valence-electron chi connectivity index (χ0n) is 24.4. The maximum Gasteiger partial charge on any atom is 0.423 e. The number of hydrogen-bond donors (Lipinski definition) is 2. The van der Waals surface area contributed by atoms with Gasteiger partial charge >= 0.3 is 6.18 Å². The Balaban J connectivity index is 1.37.